The van der Waals surface area contributed by atoms with Crippen LogP contribution in [0.4, 0.5) is 0 Å². The molecule has 4 aliphatic carbocycles. The first-order valence-corrected chi connectivity index (χ1v) is 7.67. The molecule has 0 radical (unpaired) electrons. The van der Waals surface area contributed by atoms with Crippen molar-refractivity contribution in [3.8, 4) is 0 Å². The molecule has 4 aliphatic rings. The van der Waals surface area contributed by atoms with Crippen LogP contribution in [0.1, 0.15) is 38.5 Å². The highest BCUT2D eigenvalue weighted by atomic mass is 32.2. The summed E-state index contributed by atoms with van der Waals surface area (Å²) in [4.78, 5) is 11.4. The van der Waals surface area contributed by atoms with Gasteiger partial charge in [0, 0.05) is 0 Å². The summed E-state index contributed by atoms with van der Waals surface area (Å²) in [5.41, 5.74) is 0.153. The van der Waals surface area contributed by atoms with Gasteiger partial charge in [0.15, 0.2) is 0 Å². The second kappa shape index (κ2) is 3.66. The highest BCUT2D eigenvalue weighted by molar-refractivity contribution is 7.99. The smallest absolute Gasteiger partial charge is 0.317 e. The van der Waals surface area contributed by atoms with Gasteiger partial charge in [0.05, 0.1) is 0 Å². The third-order valence-electron chi connectivity index (χ3n) is 5.10. The lowest BCUT2D eigenvalue weighted by molar-refractivity contribution is -0.144. The molecule has 0 saturated heterocycles. The van der Waals surface area contributed by atoms with Gasteiger partial charge in [-0.1, -0.05) is 0 Å². The van der Waals surface area contributed by atoms with Crippen LogP contribution in [0, 0.1) is 23.2 Å². The van der Waals surface area contributed by atoms with Gasteiger partial charge in [-0.25, -0.2) is 0 Å². The molecule has 16 heavy (non-hydrogen) atoms. The van der Waals surface area contributed by atoms with E-state index in [9.17, 15) is 9.90 Å². The van der Waals surface area contributed by atoms with E-state index in [2.05, 4.69) is 0 Å². The van der Waals surface area contributed by atoms with Crippen molar-refractivity contribution in [3.05, 3.63) is 0 Å². The molecule has 3 heteroatoms. The molecule has 0 aromatic rings. The largest absolute Gasteiger partial charge is 0.480 e. The second-order valence-corrected chi connectivity index (χ2v) is 7.18. The molecule has 0 aromatic heterocycles. The fraction of sp³-hybridized carbons (Fsp3) is 0.923. The van der Waals surface area contributed by atoms with Gasteiger partial charge in [0.25, 0.3) is 0 Å². The van der Waals surface area contributed by atoms with E-state index in [1.54, 1.807) is 11.8 Å². The second-order valence-electron chi connectivity index (χ2n) is 6.23. The van der Waals surface area contributed by atoms with Gasteiger partial charge < -0.3 is 5.11 Å². The molecule has 1 atom stereocenters. The zero-order chi connectivity index (χ0) is 11.3. The average Bonchev–Trinajstić information content (AvgIpc) is 2.14. The maximum absolute atomic E-state index is 11.4. The lowest BCUT2D eigenvalue weighted by Crippen LogP contribution is -2.52. The molecule has 4 fully saturated rings. The van der Waals surface area contributed by atoms with Crippen LogP contribution < -0.4 is 0 Å². The number of aliphatic carboxylic acids is 1. The molecule has 0 spiro atoms. The van der Waals surface area contributed by atoms with E-state index >= 15 is 0 Å². The fourth-order valence-corrected chi connectivity index (χ4v) is 6.10. The van der Waals surface area contributed by atoms with E-state index in [4.69, 9.17) is 0 Å². The Morgan fingerprint density at radius 3 is 1.94 bits per heavy atom. The zero-order valence-electron chi connectivity index (χ0n) is 9.82. The van der Waals surface area contributed by atoms with E-state index < -0.39 is 5.97 Å². The molecule has 2 nitrogen and oxygen atoms in total. The fourth-order valence-electron chi connectivity index (χ4n) is 5.11. The molecule has 0 heterocycles. The van der Waals surface area contributed by atoms with Crippen LogP contribution in [-0.4, -0.2) is 22.6 Å². The minimum atomic E-state index is -0.575. The molecule has 90 valence electrons. The maximum atomic E-state index is 11.4. The molecule has 0 aromatic carbocycles. The molecule has 0 aliphatic heterocycles. The maximum Gasteiger partial charge on any atom is 0.317 e. The predicted molar refractivity (Wildman–Crippen MR) is 65.5 cm³/mol. The Morgan fingerprint density at radius 2 is 1.62 bits per heavy atom. The molecule has 1 N–H and O–H groups in total. The van der Waals surface area contributed by atoms with Gasteiger partial charge in [-0.15, -0.1) is 11.8 Å². The van der Waals surface area contributed by atoms with Crippen LogP contribution in [0.2, 0.25) is 0 Å². The summed E-state index contributed by atoms with van der Waals surface area (Å²) in [7, 11) is 0. The van der Waals surface area contributed by atoms with Gasteiger partial charge in [0.2, 0.25) is 0 Å². The topological polar surface area (TPSA) is 37.3 Å². The number of thioether (sulfide) groups is 1. The highest BCUT2D eigenvalue weighted by Crippen LogP contribution is 2.62. The van der Waals surface area contributed by atoms with Crippen molar-refractivity contribution in [1.29, 1.82) is 0 Å². The third kappa shape index (κ3) is 1.51. The molecule has 4 bridgehead atoms. The van der Waals surface area contributed by atoms with E-state index in [1.807, 2.05) is 6.26 Å². The number of carbonyl (C=O) groups is 1. The van der Waals surface area contributed by atoms with E-state index in [-0.39, 0.29) is 10.7 Å². The van der Waals surface area contributed by atoms with Crippen molar-refractivity contribution < 1.29 is 9.90 Å². The van der Waals surface area contributed by atoms with Crippen molar-refractivity contribution in [2.45, 2.75) is 43.8 Å². The SMILES string of the molecule is CSC(C(=O)O)C12CC3CC(CC(C3)C1)C2. The summed E-state index contributed by atoms with van der Waals surface area (Å²) in [6, 6.07) is 0. The Labute approximate surface area is 101 Å². The van der Waals surface area contributed by atoms with Crippen LogP contribution in [0.5, 0.6) is 0 Å². The molecule has 4 rings (SSSR count). The van der Waals surface area contributed by atoms with Crippen molar-refractivity contribution in [3.63, 3.8) is 0 Å². The third-order valence-corrected chi connectivity index (χ3v) is 6.27. The Hall–Kier alpha value is -0.180. The standard InChI is InChI=1S/C13H20O2S/c1-16-11(12(14)15)13-5-8-2-9(6-13)4-10(3-8)7-13/h8-11H,2-7H2,1H3,(H,14,15). The van der Waals surface area contributed by atoms with Crippen molar-refractivity contribution >= 4 is 17.7 Å². The summed E-state index contributed by atoms with van der Waals surface area (Å²) in [6.45, 7) is 0. The molecule has 1 unspecified atom stereocenters. The van der Waals surface area contributed by atoms with Gasteiger partial charge in [0.1, 0.15) is 5.25 Å². The number of carboxylic acids is 1. The van der Waals surface area contributed by atoms with E-state index in [1.165, 1.54) is 38.5 Å². The lowest BCUT2D eigenvalue weighted by atomic mass is 9.48. The number of hydrogen-bond donors (Lipinski definition) is 1. The molecule has 0 amide bonds. The average molecular weight is 240 g/mol. The van der Waals surface area contributed by atoms with Gasteiger partial charge in [-0.3, -0.25) is 4.79 Å². The van der Waals surface area contributed by atoms with Gasteiger partial charge in [-0.05, 0) is 67.9 Å². The van der Waals surface area contributed by atoms with Crippen molar-refractivity contribution in [1.82, 2.24) is 0 Å². The van der Waals surface area contributed by atoms with E-state index in [0.29, 0.717) is 0 Å². The predicted octanol–water partition coefficient (Wildman–Crippen LogP) is 3.02. The van der Waals surface area contributed by atoms with Crippen LogP contribution >= 0.6 is 11.8 Å². The normalized spacial score (nSPS) is 46.9. The quantitative estimate of drug-likeness (QED) is 0.824. The van der Waals surface area contributed by atoms with Crippen molar-refractivity contribution in [2.75, 3.05) is 6.26 Å². The summed E-state index contributed by atoms with van der Waals surface area (Å²) in [6.07, 6.45) is 9.71. The van der Waals surface area contributed by atoms with Crippen LogP contribution in [0.15, 0.2) is 0 Å². The first-order valence-electron chi connectivity index (χ1n) is 6.38. The van der Waals surface area contributed by atoms with Gasteiger partial charge >= 0.3 is 5.97 Å². The van der Waals surface area contributed by atoms with Crippen LogP contribution in [-0.2, 0) is 4.79 Å². The monoisotopic (exact) mass is 240 g/mol. The Morgan fingerprint density at radius 1 is 1.19 bits per heavy atom. The number of hydrogen-bond acceptors (Lipinski definition) is 2. The highest BCUT2D eigenvalue weighted by Gasteiger charge is 2.55. The molecule has 4 saturated carbocycles. The Balaban J connectivity index is 1.90. The summed E-state index contributed by atoms with van der Waals surface area (Å²) < 4.78 is 0. The molecular weight excluding hydrogens is 220 g/mol. The first-order chi connectivity index (χ1) is 7.63. The summed E-state index contributed by atoms with van der Waals surface area (Å²) in [5.74, 6) is 1.97. The minimum Gasteiger partial charge on any atom is -0.480 e. The first kappa shape index (κ1) is 10.9. The lowest BCUT2D eigenvalue weighted by Gasteiger charge is -2.58. The Kier molecular flexibility index (Phi) is 2.50. The van der Waals surface area contributed by atoms with Crippen LogP contribution in [0.25, 0.3) is 0 Å². The number of rotatable bonds is 3. The van der Waals surface area contributed by atoms with Gasteiger partial charge in [-0.2, -0.15) is 0 Å². The number of carboxylic acid groups (broad SMARTS) is 1. The van der Waals surface area contributed by atoms with Crippen LogP contribution in [0.3, 0.4) is 0 Å². The minimum absolute atomic E-state index is 0.152. The summed E-state index contributed by atoms with van der Waals surface area (Å²) >= 11 is 1.57. The summed E-state index contributed by atoms with van der Waals surface area (Å²) in [5, 5.41) is 9.26. The van der Waals surface area contributed by atoms with E-state index in [0.717, 1.165) is 17.8 Å². The Bertz CT molecular complexity index is 278. The zero-order valence-corrected chi connectivity index (χ0v) is 10.6. The van der Waals surface area contributed by atoms with Crippen molar-refractivity contribution in [2.24, 2.45) is 23.2 Å². The molecular formula is C13H20O2S.